The van der Waals surface area contributed by atoms with Crippen molar-refractivity contribution >= 4 is 15.9 Å². The van der Waals surface area contributed by atoms with Crippen LogP contribution in [0.2, 0.25) is 0 Å². The Kier molecular flexibility index (Phi) is 5.19. The number of carbonyl (C=O) groups excluding carboxylic acids is 1. The first-order valence-electron chi connectivity index (χ1n) is 7.17. The highest BCUT2D eigenvalue weighted by Gasteiger charge is 2.35. The molecule has 24 heavy (non-hydrogen) atoms. The number of amides is 1. The van der Waals surface area contributed by atoms with Crippen molar-refractivity contribution in [1.29, 1.82) is 0 Å². The molecule has 0 radical (unpaired) electrons. The van der Waals surface area contributed by atoms with Crippen molar-refractivity contribution in [1.82, 2.24) is 9.62 Å². The molecule has 0 aliphatic carbocycles. The van der Waals surface area contributed by atoms with Crippen LogP contribution >= 0.6 is 0 Å². The largest absolute Gasteiger partial charge is 0.419 e. The van der Waals surface area contributed by atoms with Gasteiger partial charge >= 0.3 is 6.18 Å². The topological polar surface area (TPSA) is 66.5 Å². The molecule has 2 rings (SSSR count). The summed E-state index contributed by atoms with van der Waals surface area (Å²) in [7, 11) is -4.27. The van der Waals surface area contributed by atoms with Crippen molar-refractivity contribution in [2.24, 2.45) is 0 Å². The number of halogens is 4. The zero-order valence-electron chi connectivity index (χ0n) is 12.7. The Morgan fingerprint density at radius 3 is 2.54 bits per heavy atom. The van der Waals surface area contributed by atoms with Crippen molar-refractivity contribution in [3.8, 4) is 0 Å². The number of nitrogens with zero attached hydrogens (tertiary/aromatic N) is 1. The van der Waals surface area contributed by atoms with Crippen LogP contribution in [-0.4, -0.2) is 38.4 Å². The Morgan fingerprint density at radius 1 is 1.33 bits per heavy atom. The molecule has 0 aromatic heterocycles. The molecule has 1 aliphatic rings. The minimum atomic E-state index is -5.00. The molecule has 134 valence electrons. The zero-order chi connectivity index (χ0) is 18.1. The van der Waals surface area contributed by atoms with Crippen LogP contribution in [0.25, 0.3) is 0 Å². The van der Waals surface area contributed by atoms with Gasteiger partial charge in [-0.2, -0.15) is 13.2 Å². The Balaban J connectivity index is 2.16. The molecular formula is C14H16F4N2O3S. The molecule has 0 spiro atoms. The van der Waals surface area contributed by atoms with E-state index >= 15 is 0 Å². The molecule has 1 amide bonds. The van der Waals surface area contributed by atoms with Crippen LogP contribution in [0.4, 0.5) is 17.6 Å². The van der Waals surface area contributed by atoms with Crippen LogP contribution in [-0.2, 0) is 21.0 Å². The number of rotatable bonds is 5. The van der Waals surface area contributed by atoms with Crippen LogP contribution in [0.15, 0.2) is 23.1 Å². The molecule has 1 aliphatic heterocycles. The number of alkyl halides is 3. The first-order valence-corrected chi connectivity index (χ1v) is 8.66. The van der Waals surface area contributed by atoms with Crippen molar-refractivity contribution in [3.05, 3.63) is 29.6 Å². The summed E-state index contributed by atoms with van der Waals surface area (Å²) in [6.45, 7) is 2.13. The molecule has 0 saturated carbocycles. The predicted octanol–water partition coefficient (Wildman–Crippen LogP) is 2.13. The lowest BCUT2D eigenvalue weighted by atomic mass is 10.2. The molecule has 1 saturated heterocycles. The molecular weight excluding hydrogens is 352 g/mol. The maximum Gasteiger partial charge on any atom is 0.419 e. The molecule has 1 aromatic rings. The van der Waals surface area contributed by atoms with Crippen molar-refractivity contribution in [2.45, 2.75) is 36.9 Å². The predicted molar refractivity (Wildman–Crippen MR) is 77.0 cm³/mol. The van der Waals surface area contributed by atoms with Crippen LogP contribution < -0.4 is 4.72 Å². The van der Waals surface area contributed by atoms with Gasteiger partial charge in [0.25, 0.3) is 0 Å². The molecule has 1 atom stereocenters. The van der Waals surface area contributed by atoms with E-state index in [0.29, 0.717) is 25.5 Å². The van der Waals surface area contributed by atoms with Crippen LogP contribution in [0.3, 0.4) is 0 Å². The number of hydrogen-bond donors (Lipinski definition) is 1. The van der Waals surface area contributed by atoms with Crippen molar-refractivity contribution < 1.29 is 30.8 Å². The lowest BCUT2D eigenvalue weighted by molar-refractivity contribution is -0.140. The standard InChI is InChI=1S/C14H16F4N2O3S/c1-9(8-20-6-2-3-13(20)21)19-24(22,23)10-4-5-12(15)11(7-10)14(16,17)18/h4-5,7,9,19H,2-3,6,8H2,1H3. The van der Waals surface area contributed by atoms with E-state index in [1.165, 1.54) is 11.8 Å². The summed E-state index contributed by atoms with van der Waals surface area (Å²) in [4.78, 5) is 12.3. The molecule has 10 heteroatoms. The summed E-state index contributed by atoms with van der Waals surface area (Å²) in [6, 6.07) is 0.786. The zero-order valence-corrected chi connectivity index (χ0v) is 13.5. The van der Waals surface area contributed by atoms with Gasteiger partial charge in [0.2, 0.25) is 15.9 Å². The summed E-state index contributed by atoms with van der Waals surface area (Å²) < 4.78 is 77.9. The van der Waals surface area contributed by atoms with E-state index in [1.54, 1.807) is 0 Å². The van der Waals surface area contributed by atoms with Gasteiger partial charge in [0.05, 0.1) is 10.5 Å². The smallest absolute Gasteiger partial charge is 0.341 e. The number of likely N-dealkylation sites (tertiary alicyclic amines) is 1. The first-order chi connectivity index (χ1) is 11.0. The summed E-state index contributed by atoms with van der Waals surface area (Å²) in [6.07, 6.45) is -3.92. The van der Waals surface area contributed by atoms with Crippen LogP contribution in [0.5, 0.6) is 0 Å². The van der Waals surface area contributed by atoms with E-state index in [-0.39, 0.29) is 18.5 Å². The Bertz CT molecular complexity index is 734. The summed E-state index contributed by atoms with van der Waals surface area (Å²) >= 11 is 0. The Morgan fingerprint density at radius 2 is 2.00 bits per heavy atom. The maximum atomic E-state index is 13.3. The fraction of sp³-hybridized carbons (Fsp3) is 0.500. The van der Waals surface area contributed by atoms with E-state index in [9.17, 15) is 30.8 Å². The van der Waals surface area contributed by atoms with Crippen LogP contribution in [0.1, 0.15) is 25.3 Å². The minimum Gasteiger partial charge on any atom is -0.341 e. The minimum absolute atomic E-state index is 0.0952. The van der Waals surface area contributed by atoms with Gasteiger partial charge in [-0.05, 0) is 31.5 Å². The number of nitrogens with one attached hydrogen (secondary N) is 1. The molecule has 1 fully saturated rings. The lowest BCUT2D eigenvalue weighted by Gasteiger charge is -2.21. The second-order valence-electron chi connectivity index (χ2n) is 5.61. The third kappa shape index (κ3) is 4.23. The van der Waals surface area contributed by atoms with Crippen molar-refractivity contribution in [3.63, 3.8) is 0 Å². The third-order valence-corrected chi connectivity index (χ3v) is 5.16. The average Bonchev–Trinajstić information content (AvgIpc) is 2.82. The molecule has 0 bridgehead atoms. The summed E-state index contributed by atoms with van der Waals surface area (Å²) in [5.74, 6) is -1.64. The van der Waals surface area contributed by atoms with Gasteiger partial charge in [-0.15, -0.1) is 0 Å². The molecule has 1 heterocycles. The SMILES string of the molecule is CC(CN1CCCC1=O)NS(=O)(=O)c1ccc(F)c(C(F)(F)F)c1. The van der Waals surface area contributed by atoms with Gasteiger partial charge in [0.15, 0.2) is 0 Å². The summed E-state index contributed by atoms with van der Waals surface area (Å²) in [5.41, 5.74) is -1.65. The quantitative estimate of drug-likeness (QED) is 0.810. The normalized spacial score (nSPS) is 17.4. The third-order valence-electron chi connectivity index (χ3n) is 3.58. The summed E-state index contributed by atoms with van der Waals surface area (Å²) in [5, 5.41) is 0. The van der Waals surface area contributed by atoms with E-state index in [2.05, 4.69) is 4.72 Å². The van der Waals surface area contributed by atoms with E-state index in [1.807, 2.05) is 0 Å². The molecule has 1 N–H and O–H groups in total. The second kappa shape index (κ2) is 6.67. The number of carbonyl (C=O) groups is 1. The molecule has 1 aromatic carbocycles. The van der Waals surface area contributed by atoms with Gasteiger partial charge in [-0.25, -0.2) is 17.5 Å². The maximum absolute atomic E-state index is 13.3. The molecule has 5 nitrogen and oxygen atoms in total. The molecule has 1 unspecified atom stereocenters. The van der Waals surface area contributed by atoms with Gasteiger partial charge in [-0.3, -0.25) is 4.79 Å². The van der Waals surface area contributed by atoms with Gasteiger partial charge < -0.3 is 4.90 Å². The number of hydrogen-bond acceptors (Lipinski definition) is 3. The van der Waals surface area contributed by atoms with Gasteiger partial charge in [-0.1, -0.05) is 0 Å². The highest BCUT2D eigenvalue weighted by molar-refractivity contribution is 7.89. The van der Waals surface area contributed by atoms with Gasteiger partial charge in [0, 0.05) is 25.6 Å². The number of benzene rings is 1. The second-order valence-corrected chi connectivity index (χ2v) is 7.32. The lowest BCUT2D eigenvalue weighted by Crippen LogP contribution is -2.42. The highest BCUT2D eigenvalue weighted by Crippen LogP contribution is 2.32. The van der Waals surface area contributed by atoms with E-state index < -0.39 is 38.5 Å². The monoisotopic (exact) mass is 368 g/mol. The number of sulfonamides is 1. The Labute approximate surface area is 136 Å². The fourth-order valence-corrected chi connectivity index (χ4v) is 3.75. The van der Waals surface area contributed by atoms with Gasteiger partial charge in [0.1, 0.15) is 5.82 Å². The first kappa shape index (κ1) is 18.7. The highest BCUT2D eigenvalue weighted by atomic mass is 32.2. The van der Waals surface area contributed by atoms with E-state index in [0.717, 1.165) is 6.07 Å². The average molecular weight is 368 g/mol. The fourth-order valence-electron chi connectivity index (χ4n) is 2.49. The van der Waals surface area contributed by atoms with Crippen molar-refractivity contribution in [2.75, 3.05) is 13.1 Å². The van der Waals surface area contributed by atoms with E-state index in [4.69, 9.17) is 0 Å². The van der Waals surface area contributed by atoms with Crippen LogP contribution in [0, 0.1) is 5.82 Å². The Hall–Kier alpha value is -1.68.